The first-order valence-electron chi connectivity index (χ1n) is 3.86. The van der Waals surface area contributed by atoms with E-state index in [9.17, 15) is 0 Å². The van der Waals surface area contributed by atoms with Gasteiger partial charge in [0.05, 0.1) is 5.54 Å². The molecule has 0 saturated carbocycles. The molecule has 12 heavy (non-hydrogen) atoms. The summed E-state index contributed by atoms with van der Waals surface area (Å²) in [5.41, 5.74) is -0.185. The zero-order chi connectivity index (χ0) is 8.86. The molecule has 64 valence electrons. The van der Waals surface area contributed by atoms with Crippen LogP contribution < -0.4 is 5.32 Å². The summed E-state index contributed by atoms with van der Waals surface area (Å²) in [6.07, 6.45) is 10.7. The smallest absolute Gasteiger partial charge is 0.110 e. The van der Waals surface area contributed by atoms with Crippen molar-refractivity contribution in [2.24, 2.45) is 9.98 Å². The van der Waals surface area contributed by atoms with Crippen molar-refractivity contribution in [3.05, 3.63) is 24.6 Å². The standard InChI is InChI=1S/C9H13N3/c1-9(2)4-7-10-5-3-6-11-8-12-9/h3-8,10H,1-2H3/b5-3-,7-4-,11-6-,12-8+. The Morgan fingerprint density at radius 2 is 2.08 bits per heavy atom. The molecule has 1 aliphatic heterocycles. The number of hydrogen-bond donors (Lipinski definition) is 1. The van der Waals surface area contributed by atoms with Crippen LogP contribution >= 0.6 is 0 Å². The van der Waals surface area contributed by atoms with Crippen LogP contribution in [0.1, 0.15) is 13.8 Å². The summed E-state index contributed by atoms with van der Waals surface area (Å²) in [5.74, 6) is 0. The third kappa shape index (κ3) is 3.14. The molecule has 1 aliphatic rings. The highest BCUT2D eigenvalue weighted by atomic mass is 14.9. The molecule has 0 amide bonds. The quantitative estimate of drug-likeness (QED) is 0.577. The minimum absolute atomic E-state index is 0.185. The van der Waals surface area contributed by atoms with Crippen LogP contribution in [0, 0.1) is 0 Å². The summed E-state index contributed by atoms with van der Waals surface area (Å²) >= 11 is 0. The molecule has 0 aromatic rings. The number of allylic oxidation sites excluding steroid dienone is 1. The van der Waals surface area contributed by atoms with Gasteiger partial charge in [-0.1, -0.05) is 0 Å². The van der Waals surface area contributed by atoms with Gasteiger partial charge in [0.15, 0.2) is 0 Å². The van der Waals surface area contributed by atoms with Crippen LogP contribution in [0.5, 0.6) is 0 Å². The number of nitrogens with zero attached hydrogens (tertiary/aromatic N) is 2. The van der Waals surface area contributed by atoms with Gasteiger partial charge in [0.2, 0.25) is 0 Å². The Labute approximate surface area is 72.6 Å². The van der Waals surface area contributed by atoms with Crippen molar-refractivity contribution in [3.8, 4) is 0 Å². The Kier molecular flexibility index (Phi) is 2.80. The van der Waals surface area contributed by atoms with Gasteiger partial charge in [0.25, 0.3) is 0 Å². The maximum Gasteiger partial charge on any atom is 0.110 e. The molecule has 0 atom stereocenters. The average molecular weight is 163 g/mol. The fraction of sp³-hybridized carbons (Fsp3) is 0.333. The summed E-state index contributed by atoms with van der Waals surface area (Å²) in [6.45, 7) is 4.03. The Bertz CT molecular complexity index is 246. The van der Waals surface area contributed by atoms with Crippen molar-refractivity contribution in [3.63, 3.8) is 0 Å². The van der Waals surface area contributed by atoms with Crippen molar-refractivity contribution in [2.45, 2.75) is 19.4 Å². The predicted molar refractivity (Wildman–Crippen MR) is 52.5 cm³/mol. The van der Waals surface area contributed by atoms with Crippen molar-refractivity contribution < 1.29 is 0 Å². The zero-order valence-electron chi connectivity index (χ0n) is 7.36. The van der Waals surface area contributed by atoms with E-state index in [2.05, 4.69) is 15.3 Å². The first kappa shape index (κ1) is 8.71. The molecule has 3 heteroatoms. The van der Waals surface area contributed by atoms with E-state index in [1.165, 1.54) is 0 Å². The highest BCUT2D eigenvalue weighted by Gasteiger charge is 2.08. The Morgan fingerprint density at radius 3 is 2.92 bits per heavy atom. The molecule has 3 nitrogen and oxygen atoms in total. The molecule has 1 heterocycles. The second kappa shape index (κ2) is 3.85. The highest BCUT2D eigenvalue weighted by Crippen LogP contribution is 2.09. The van der Waals surface area contributed by atoms with Gasteiger partial charge < -0.3 is 5.32 Å². The van der Waals surface area contributed by atoms with Gasteiger partial charge >= 0.3 is 0 Å². The first-order chi connectivity index (χ1) is 5.71. The van der Waals surface area contributed by atoms with Crippen molar-refractivity contribution in [2.75, 3.05) is 0 Å². The minimum atomic E-state index is -0.185. The number of rotatable bonds is 0. The topological polar surface area (TPSA) is 36.8 Å². The molecule has 0 bridgehead atoms. The highest BCUT2D eigenvalue weighted by molar-refractivity contribution is 5.80. The fourth-order valence-electron chi connectivity index (χ4n) is 0.720. The maximum atomic E-state index is 4.23. The van der Waals surface area contributed by atoms with Gasteiger partial charge in [-0.3, -0.25) is 4.99 Å². The predicted octanol–water partition coefficient (Wildman–Crippen LogP) is 1.49. The molecule has 0 aliphatic carbocycles. The van der Waals surface area contributed by atoms with Gasteiger partial charge in [0, 0.05) is 12.4 Å². The van der Waals surface area contributed by atoms with Gasteiger partial charge in [-0.25, -0.2) is 4.99 Å². The van der Waals surface area contributed by atoms with Crippen LogP contribution in [-0.2, 0) is 0 Å². The normalized spacial score (nSPS) is 31.2. The Balaban J connectivity index is 2.77. The van der Waals surface area contributed by atoms with Crippen molar-refractivity contribution in [1.29, 1.82) is 0 Å². The van der Waals surface area contributed by atoms with Gasteiger partial charge in [0.1, 0.15) is 6.34 Å². The van der Waals surface area contributed by atoms with E-state index in [1.54, 1.807) is 12.6 Å². The third-order valence-corrected chi connectivity index (χ3v) is 1.41. The molecule has 0 aromatic carbocycles. The van der Waals surface area contributed by atoms with Crippen LogP contribution in [0.4, 0.5) is 0 Å². The van der Waals surface area contributed by atoms with Crippen LogP contribution in [0.2, 0.25) is 0 Å². The van der Waals surface area contributed by atoms with E-state index < -0.39 is 0 Å². The fourth-order valence-corrected chi connectivity index (χ4v) is 0.720. The molecule has 0 fully saturated rings. The summed E-state index contributed by atoms with van der Waals surface area (Å²) < 4.78 is 0. The van der Waals surface area contributed by atoms with E-state index in [0.717, 1.165) is 0 Å². The van der Waals surface area contributed by atoms with Gasteiger partial charge in [-0.2, -0.15) is 0 Å². The van der Waals surface area contributed by atoms with E-state index in [1.807, 2.05) is 38.4 Å². The van der Waals surface area contributed by atoms with Crippen LogP contribution in [-0.4, -0.2) is 18.1 Å². The molecule has 0 unspecified atom stereocenters. The number of aliphatic imine (C=N–C) groups is 2. The maximum absolute atomic E-state index is 4.23. The van der Waals surface area contributed by atoms with Crippen LogP contribution in [0.25, 0.3) is 0 Å². The van der Waals surface area contributed by atoms with E-state index >= 15 is 0 Å². The SMILES string of the molecule is CC1(C)/C=C\N\C=C/C=N\C=N\1. The molecule has 0 saturated heterocycles. The van der Waals surface area contributed by atoms with Crippen LogP contribution in [0.3, 0.4) is 0 Å². The van der Waals surface area contributed by atoms with Gasteiger partial charge in [-0.15, -0.1) is 0 Å². The number of nitrogens with one attached hydrogen (secondary N) is 1. The average Bonchev–Trinajstić information content (AvgIpc) is 2.02. The molecule has 0 radical (unpaired) electrons. The number of hydrogen-bond acceptors (Lipinski definition) is 3. The monoisotopic (exact) mass is 163 g/mol. The van der Waals surface area contributed by atoms with Gasteiger partial charge in [-0.05, 0) is 32.2 Å². The first-order valence-corrected chi connectivity index (χ1v) is 3.86. The summed E-state index contributed by atoms with van der Waals surface area (Å²) in [6, 6.07) is 0. The lowest BCUT2D eigenvalue weighted by molar-refractivity contribution is 0.656. The van der Waals surface area contributed by atoms with E-state index in [4.69, 9.17) is 0 Å². The van der Waals surface area contributed by atoms with E-state index in [0.29, 0.717) is 0 Å². The lowest BCUT2D eigenvalue weighted by atomic mass is 10.1. The minimum Gasteiger partial charge on any atom is -0.368 e. The lowest BCUT2D eigenvalue weighted by Crippen LogP contribution is -2.13. The molecule has 1 N–H and O–H groups in total. The molecule has 0 spiro atoms. The van der Waals surface area contributed by atoms with Crippen LogP contribution in [0.15, 0.2) is 34.5 Å². The van der Waals surface area contributed by atoms with E-state index in [-0.39, 0.29) is 5.54 Å². The second-order valence-corrected chi connectivity index (χ2v) is 3.06. The molecular formula is C9H13N3. The van der Waals surface area contributed by atoms with Crippen molar-refractivity contribution >= 4 is 12.6 Å². The molecule has 1 rings (SSSR count). The summed E-state index contributed by atoms with van der Waals surface area (Å²) in [5, 5.41) is 2.98. The Morgan fingerprint density at radius 1 is 1.25 bits per heavy atom. The van der Waals surface area contributed by atoms with Crippen molar-refractivity contribution in [1.82, 2.24) is 5.32 Å². The summed E-state index contributed by atoms with van der Waals surface area (Å²) in [7, 11) is 0. The molecule has 0 aromatic heterocycles. The molecular weight excluding hydrogens is 150 g/mol. The third-order valence-electron chi connectivity index (χ3n) is 1.41. The summed E-state index contributed by atoms with van der Waals surface area (Å²) in [4.78, 5) is 8.18. The lowest BCUT2D eigenvalue weighted by Gasteiger charge is -2.12. The Hall–Kier alpha value is -1.38. The zero-order valence-corrected chi connectivity index (χ0v) is 7.36. The largest absolute Gasteiger partial charge is 0.368 e. The second-order valence-electron chi connectivity index (χ2n) is 3.06.